The smallest absolute Gasteiger partial charge is 0.331 e. The third-order valence-corrected chi connectivity index (χ3v) is 3.81. The van der Waals surface area contributed by atoms with Crippen molar-refractivity contribution in [2.45, 2.75) is 6.04 Å². The minimum atomic E-state index is -1.17. The molecule has 20 heavy (non-hydrogen) atoms. The van der Waals surface area contributed by atoms with Crippen molar-refractivity contribution in [2.24, 2.45) is 0 Å². The highest BCUT2D eigenvalue weighted by Gasteiger charge is 2.24. The van der Waals surface area contributed by atoms with E-state index < -0.39 is 17.9 Å². The minimum Gasteiger partial charge on any atom is -0.508 e. The van der Waals surface area contributed by atoms with Gasteiger partial charge in [0.1, 0.15) is 5.75 Å². The average Bonchev–Trinajstić information content (AvgIpc) is 2.91. The lowest BCUT2D eigenvalue weighted by atomic mass is 10.1. The van der Waals surface area contributed by atoms with Crippen LogP contribution in [0.5, 0.6) is 5.75 Å². The van der Waals surface area contributed by atoms with E-state index in [2.05, 4.69) is 5.32 Å². The lowest BCUT2D eigenvalue weighted by Crippen LogP contribution is -2.33. The number of amides is 1. The quantitative estimate of drug-likeness (QED) is 0.810. The molecule has 1 amide bonds. The summed E-state index contributed by atoms with van der Waals surface area (Å²) in [5.74, 6) is -1.95. The Morgan fingerprint density at radius 3 is 2.65 bits per heavy atom. The summed E-state index contributed by atoms with van der Waals surface area (Å²) in [5, 5.41) is 22.8. The van der Waals surface area contributed by atoms with Gasteiger partial charge in [-0.05, 0) is 29.6 Å². The zero-order valence-electron chi connectivity index (χ0n) is 10.0. The molecule has 1 unspecified atom stereocenters. The largest absolute Gasteiger partial charge is 0.508 e. The molecule has 1 aromatic carbocycles. The van der Waals surface area contributed by atoms with Crippen LogP contribution in [0.1, 0.15) is 21.3 Å². The van der Waals surface area contributed by atoms with Crippen LogP contribution < -0.4 is 5.32 Å². The molecule has 5 nitrogen and oxygen atoms in total. The standard InChI is InChI=1S/C13H10ClNO4S/c14-9-4-3-7(16)6-8(9)12(17)15-11(13(18)19)10-2-1-5-20-10/h1-6,11,16H,(H,15,17)(H,18,19). The summed E-state index contributed by atoms with van der Waals surface area (Å²) in [6.45, 7) is 0. The van der Waals surface area contributed by atoms with E-state index in [1.165, 1.54) is 29.5 Å². The number of phenols is 1. The molecule has 1 heterocycles. The normalized spacial score (nSPS) is 11.8. The number of halogens is 1. The lowest BCUT2D eigenvalue weighted by molar-refractivity contribution is -0.139. The number of benzene rings is 1. The molecule has 2 rings (SSSR count). The predicted molar refractivity (Wildman–Crippen MR) is 75.3 cm³/mol. The SMILES string of the molecule is O=C(NC(C(=O)O)c1cccs1)c1cc(O)ccc1Cl. The third kappa shape index (κ3) is 3.09. The van der Waals surface area contributed by atoms with Crippen molar-refractivity contribution < 1.29 is 19.8 Å². The predicted octanol–water partition coefficient (Wildman–Crippen LogP) is 2.66. The Balaban J connectivity index is 2.25. The molecule has 0 saturated carbocycles. The second kappa shape index (κ2) is 5.94. The van der Waals surface area contributed by atoms with Crippen molar-refractivity contribution in [2.75, 3.05) is 0 Å². The van der Waals surface area contributed by atoms with Crippen LogP contribution in [0, 0.1) is 0 Å². The van der Waals surface area contributed by atoms with Gasteiger partial charge < -0.3 is 15.5 Å². The zero-order valence-corrected chi connectivity index (χ0v) is 11.6. The monoisotopic (exact) mass is 311 g/mol. The molecule has 0 saturated heterocycles. The van der Waals surface area contributed by atoms with E-state index in [0.29, 0.717) is 4.88 Å². The van der Waals surface area contributed by atoms with Crippen LogP contribution in [-0.4, -0.2) is 22.1 Å². The summed E-state index contributed by atoms with van der Waals surface area (Å²) in [7, 11) is 0. The van der Waals surface area contributed by atoms with E-state index in [4.69, 9.17) is 11.6 Å². The summed E-state index contributed by atoms with van der Waals surface area (Å²) in [5.41, 5.74) is 0.0227. The molecule has 0 radical (unpaired) electrons. The number of carbonyl (C=O) groups is 2. The molecule has 3 N–H and O–H groups in total. The Hall–Kier alpha value is -2.05. The maximum atomic E-state index is 12.1. The van der Waals surface area contributed by atoms with E-state index in [0.717, 1.165) is 0 Å². The Morgan fingerprint density at radius 1 is 1.30 bits per heavy atom. The summed E-state index contributed by atoms with van der Waals surface area (Å²) in [4.78, 5) is 23.8. The first-order chi connectivity index (χ1) is 9.49. The van der Waals surface area contributed by atoms with E-state index in [9.17, 15) is 19.8 Å². The Labute approximate surface area is 123 Å². The molecule has 104 valence electrons. The molecule has 0 aliphatic carbocycles. The van der Waals surface area contributed by atoms with Crippen molar-refractivity contribution in [3.63, 3.8) is 0 Å². The van der Waals surface area contributed by atoms with Gasteiger partial charge in [0.25, 0.3) is 5.91 Å². The van der Waals surface area contributed by atoms with Crippen molar-refractivity contribution in [3.8, 4) is 5.75 Å². The minimum absolute atomic E-state index is 0.0227. The molecule has 0 aliphatic heterocycles. The number of rotatable bonds is 4. The van der Waals surface area contributed by atoms with E-state index in [1.807, 2.05) is 0 Å². The fraction of sp³-hybridized carbons (Fsp3) is 0.0769. The van der Waals surface area contributed by atoms with Crippen molar-refractivity contribution in [1.82, 2.24) is 5.32 Å². The molecular formula is C13H10ClNO4S. The van der Waals surface area contributed by atoms with Crippen molar-refractivity contribution in [3.05, 3.63) is 51.2 Å². The molecule has 0 bridgehead atoms. The van der Waals surface area contributed by atoms with Gasteiger partial charge in [-0.2, -0.15) is 0 Å². The van der Waals surface area contributed by atoms with Crippen LogP contribution in [0.15, 0.2) is 35.7 Å². The topological polar surface area (TPSA) is 86.6 Å². The molecule has 1 aromatic heterocycles. The second-order valence-corrected chi connectivity index (χ2v) is 5.31. The van der Waals surface area contributed by atoms with Crippen LogP contribution in [-0.2, 0) is 4.79 Å². The first-order valence-electron chi connectivity index (χ1n) is 5.54. The van der Waals surface area contributed by atoms with E-state index >= 15 is 0 Å². The van der Waals surface area contributed by atoms with Gasteiger partial charge >= 0.3 is 5.97 Å². The van der Waals surface area contributed by atoms with Crippen LogP contribution >= 0.6 is 22.9 Å². The van der Waals surface area contributed by atoms with Crippen molar-refractivity contribution >= 4 is 34.8 Å². The molecule has 0 spiro atoms. The fourth-order valence-corrected chi connectivity index (χ4v) is 2.58. The van der Waals surface area contributed by atoms with Gasteiger partial charge in [0.2, 0.25) is 0 Å². The maximum Gasteiger partial charge on any atom is 0.331 e. The fourth-order valence-electron chi connectivity index (χ4n) is 1.61. The van der Waals surface area contributed by atoms with Gasteiger partial charge in [0.15, 0.2) is 6.04 Å². The number of thiophene rings is 1. The van der Waals surface area contributed by atoms with Crippen LogP contribution in [0.25, 0.3) is 0 Å². The molecule has 0 fully saturated rings. The van der Waals surface area contributed by atoms with Crippen LogP contribution in [0.3, 0.4) is 0 Å². The number of phenolic OH excluding ortho intramolecular Hbond substituents is 1. The second-order valence-electron chi connectivity index (χ2n) is 3.92. The lowest BCUT2D eigenvalue weighted by Gasteiger charge is -2.13. The summed E-state index contributed by atoms with van der Waals surface area (Å²) in [6.07, 6.45) is 0. The van der Waals surface area contributed by atoms with Gasteiger partial charge in [-0.25, -0.2) is 4.79 Å². The van der Waals surface area contributed by atoms with Crippen LogP contribution in [0.2, 0.25) is 5.02 Å². The summed E-state index contributed by atoms with van der Waals surface area (Å²) < 4.78 is 0. The molecule has 2 aromatic rings. The van der Waals surface area contributed by atoms with Crippen LogP contribution in [0.4, 0.5) is 0 Å². The highest BCUT2D eigenvalue weighted by Crippen LogP contribution is 2.24. The zero-order chi connectivity index (χ0) is 14.7. The Morgan fingerprint density at radius 2 is 2.05 bits per heavy atom. The number of hydrogen-bond donors (Lipinski definition) is 3. The van der Waals surface area contributed by atoms with Gasteiger partial charge in [-0.1, -0.05) is 17.7 Å². The molecule has 1 atom stereocenters. The Kier molecular flexibility index (Phi) is 4.26. The average molecular weight is 312 g/mol. The third-order valence-electron chi connectivity index (χ3n) is 2.54. The number of aromatic hydroxyl groups is 1. The number of nitrogens with one attached hydrogen (secondary N) is 1. The Bertz CT molecular complexity index is 642. The maximum absolute atomic E-state index is 12.1. The van der Waals surface area contributed by atoms with Gasteiger partial charge in [0, 0.05) is 4.88 Å². The molecular weight excluding hydrogens is 302 g/mol. The molecule has 0 aliphatic rings. The van der Waals surface area contributed by atoms with Gasteiger partial charge in [0.05, 0.1) is 10.6 Å². The van der Waals surface area contributed by atoms with E-state index in [-0.39, 0.29) is 16.3 Å². The van der Waals surface area contributed by atoms with E-state index in [1.54, 1.807) is 17.5 Å². The first-order valence-corrected chi connectivity index (χ1v) is 6.80. The number of carbonyl (C=O) groups excluding carboxylic acids is 1. The van der Waals surface area contributed by atoms with Gasteiger partial charge in [-0.3, -0.25) is 4.79 Å². The van der Waals surface area contributed by atoms with Crippen molar-refractivity contribution in [1.29, 1.82) is 0 Å². The summed E-state index contributed by atoms with van der Waals surface area (Å²) in [6, 6.07) is 6.06. The van der Waals surface area contributed by atoms with Gasteiger partial charge in [-0.15, -0.1) is 11.3 Å². The summed E-state index contributed by atoms with van der Waals surface area (Å²) >= 11 is 7.09. The number of hydrogen-bond acceptors (Lipinski definition) is 4. The highest BCUT2D eigenvalue weighted by molar-refractivity contribution is 7.10. The number of carboxylic acids is 1. The first kappa shape index (κ1) is 14.4. The highest BCUT2D eigenvalue weighted by atomic mass is 35.5. The number of carboxylic acid groups (broad SMARTS) is 1. The molecule has 7 heteroatoms. The number of aliphatic carboxylic acids is 1.